The normalized spacial score (nSPS) is 20.4. The highest BCUT2D eigenvalue weighted by Crippen LogP contribution is 2.39. The first-order valence-corrected chi connectivity index (χ1v) is 13.4. The maximum atomic E-state index is 12.9. The van der Waals surface area contributed by atoms with Crippen molar-refractivity contribution in [1.82, 2.24) is 40.3 Å². The molecule has 11 nitrogen and oxygen atoms in total. The fourth-order valence-corrected chi connectivity index (χ4v) is 6.07. The number of aryl methyl sites for hydroxylation is 1. The van der Waals surface area contributed by atoms with Gasteiger partial charge < -0.3 is 15.0 Å². The first kappa shape index (κ1) is 25.4. The first-order chi connectivity index (χ1) is 19.0. The van der Waals surface area contributed by atoms with Crippen molar-refractivity contribution >= 4 is 23.3 Å². The van der Waals surface area contributed by atoms with E-state index >= 15 is 0 Å². The van der Waals surface area contributed by atoms with Crippen molar-refractivity contribution in [3.05, 3.63) is 76.5 Å². The van der Waals surface area contributed by atoms with E-state index in [1.54, 1.807) is 29.2 Å². The summed E-state index contributed by atoms with van der Waals surface area (Å²) in [4.78, 5) is 20.2. The highest BCUT2D eigenvalue weighted by atomic mass is 35.5. The van der Waals surface area contributed by atoms with Crippen molar-refractivity contribution in [1.29, 1.82) is 0 Å². The van der Waals surface area contributed by atoms with Crippen molar-refractivity contribution in [2.24, 2.45) is 11.8 Å². The van der Waals surface area contributed by atoms with E-state index in [1.807, 2.05) is 20.1 Å². The molecule has 4 heterocycles. The van der Waals surface area contributed by atoms with Gasteiger partial charge in [0.25, 0.3) is 5.91 Å². The van der Waals surface area contributed by atoms with Crippen molar-refractivity contribution in [2.45, 2.75) is 39.0 Å². The number of amides is 1. The molecular formula is C27H30ClN9O2. The summed E-state index contributed by atoms with van der Waals surface area (Å²) in [5.74, 6) is 1.94. The number of piperidine rings is 1. The third-order valence-electron chi connectivity index (χ3n) is 7.83. The zero-order chi connectivity index (χ0) is 26.9. The van der Waals surface area contributed by atoms with Gasteiger partial charge in [0.2, 0.25) is 0 Å². The average molecular weight is 548 g/mol. The van der Waals surface area contributed by atoms with Crippen molar-refractivity contribution in [2.75, 3.05) is 25.1 Å². The third-order valence-corrected chi connectivity index (χ3v) is 8.06. The monoisotopic (exact) mass is 547 g/mol. The molecule has 0 spiro atoms. The molecule has 2 bridgehead atoms. The molecule has 2 aliphatic rings. The lowest BCUT2D eigenvalue weighted by molar-refractivity contribution is 0.0294. The smallest absolute Gasteiger partial charge is 0.254 e. The van der Waals surface area contributed by atoms with Gasteiger partial charge in [-0.05, 0) is 65.6 Å². The number of ether oxygens (including phenoxy) is 1. The van der Waals surface area contributed by atoms with E-state index in [0.717, 1.165) is 41.4 Å². The molecule has 0 radical (unpaired) electrons. The minimum atomic E-state index is -0.233. The Morgan fingerprint density at radius 3 is 2.69 bits per heavy atom. The van der Waals surface area contributed by atoms with Gasteiger partial charge in [-0.3, -0.25) is 9.48 Å². The zero-order valence-electron chi connectivity index (χ0n) is 21.9. The van der Waals surface area contributed by atoms with Gasteiger partial charge in [-0.15, -0.1) is 5.10 Å². The van der Waals surface area contributed by atoms with Crippen LogP contribution in [0.2, 0.25) is 5.02 Å². The van der Waals surface area contributed by atoms with Gasteiger partial charge in [0.15, 0.2) is 0 Å². The summed E-state index contributed by atoms with van der Waals surface area (Å²) in [7, 11) is 1.83. The second kappa shape index (κ2) is 10.7. The molecule has 6 rings (SSSR count). The number of methoxy groups -OCH3 is 1. The van der Waals surface area contributed by atoms with Crippen LogP contribution in [0.5, 0.6) is 0 Å². The van der Waals surface area contributed by atoms with Crippen LogP contribution in [0.3, 0.4) is 0 Å². The molecule has 1 N–H and O–H groups in total. The molecule has 1 amide bonds. The summed E-state index contributed by atoms with van der Waals surface area (Å²) in [5, 5.41) is 19.2. The lowest BCUT2D eigenvalue weighted by Crippen LogP contribution is -2.46. The molecule has 39 heavy (non-hydrogen) atoms. The fourth-order valence-electron chi connectivity index (χ4n) is 5.87. The quantitative estimate of drug-likeness (QED) is 0.358. The second-order valence-corrected chi connectivity index (χ2v) is 10.7. The number of halogens is 1. The van der Waals surface area contributed by atoms with Crippen LogP contribution >= 0.6 is 11.6 Å². The molecule has 1 saturated heterocycles. The minimum absolute atomic E-state index is 0.233. The average Bonchev–Trinajstić information content (AvgIpc) is 3.68. The number of benzene rings is 1. The topological polar surface area (TPSA) is 116 Å². The molecule has 1 aliphatic carbocycles. The predicted molar refractivity (Wildman–Crippen MR) is 145 cm³/mol. The number of pyridine rings is 1. The number of carbonyl (C=O) groups is 1. The molecule has 2 atom stereocenters. The Morgan fingerprint density at radius 1 is 1.15 bits per heavy atom. The largest absolute Gasteiger partial charge is 0.381 e. The van der Waals surface area contributed by atoms with Crippen LogP contribution in [0, 0.1) is 18.8 Å². The molecule has 202 valence electrons. The highest BCUT2D eigenvalue weighted by molar-refractivity contribution is 6.30. The summed E-state index contributed by atoms with van der Waals surface area (Å²) in [5.41, 5.74) is 4.03. The Balaban J connectivity index is 1.09. The molecule has 1 aliphatic heterocycles. The van der Waals surface area contributed by atoms with Crippen molar-refractivity contribution in [3.63, 3.8) is 0 Å². The van der Waals surface area contributed by atoms with Gasteiger partial charge >= 0.3 is 0 Å². The molecule has 1 saturated carbocycles. The van der Waals surface area contributed by atoms with Gasteiger partial charge in [0, 0.05) is 55.5 Å². The number of rotatable bonds is 8. The number of hydrogen-bond acceptors (Lipinski definition) is 8. The Kier molecular flexibility index (Phi) is 7.01. The Morgan fingerprint density at radius 2 is 1.97 bits per heavy atom. The molecule has 12 heteroatoms. The Bertz CT molecular complexity index is 1460. The molecule has 1 aromatic carbocycles. The van der Waals surface area contributed by atoms with Crippen LogP contribution < -0.4 is 10.2 Å². The third kappa shape index (κ3) is 5.24. The van der Waals surface area contributed by atoms with E-state index in [2.05, 4.69) is 43.0 Å². The maximum Gasteiger partial charge on any atom is 0.254 e. The molecule has 4 aromatic rings. The highest BCUT2D eigenvalue weighted by Gasteiger charge is 2.42. The van der Waals surface area contributed by atoms with E-state index in [-0.39, 0.29) is 12.5 Å². The van der Waals surface area contributed by atoms with Crippen LogP contribution in [0.15, 0.2) is 49.1 Å². The van der Waals surface area contributed by atoms with Crippen LogP contribution in [0.4, 0.5) is 5.82 Å². The predicted octanol–water partition coefficient (Wildman–Crippen LogP) is 3.06. The Hall–Kier alpha value is -3.83. The zero-order valence-corrected chi connectivity index (χ0v) is 22.6. The van der Waals surface area contributed by atoms with Crippen LogP contribution in [0.25, 0.3) is 5.69 Å². The van der Waals surface area contributed by atoms with Gasteiger partial charge in [-0.2, -0.15) is 5.10 Å². The van der Waals surface area contributed by atoms with Crippen LogP contribution in [-0.2, 0) is 17.8 Å². The van der Waals surface area contributed by atoms with E-state index in [4.69, 9.17) is 21.3 Å². The number of aromatic nitrogens is 7. The van der Waals surface area contributed by atoms with Crippen molar-refractivity contribution in [3.8, 4) is 5.69 Å². The second-order valence-electron chi connectivity index (χ2n) is 10.3. The van der Waals surface area contributed by atoms with Gasteiger partial charge in [0.1, 0.15) is 12.1 Å². The maximum absolute atomic E-state index is 12.9. The van der Waals surface area contributed by atoms with E-state index in [1.165, 1.54) is 23.9 Å². The summed E-state index contributed by atoms with van der Waals surface area (Å²) in [6.07, 6.45) is 7.65. The lowest BCUT2D eigenvalue weighted by Gasteiger charge is -2.38. The van der Waals surface area contributed by atoms with Gasteiger partial charge in [-0.1, -0.05) is 17.7 Å². The number of nitrogens with one attached hydrogen (secondary N) is 1. The number of fused-ring (bicyclic) bond motifs is 2. The number of hydrogen-bond donors (Lipinski definition) is 1. The Labute approximate surface area is 231 Å². The lowest BCUT2D eigenvalue weighted by atomic mass is 9.95. The van der Waals surface area contributed by atoms with E-state index in [0.29, 0.717) is 35.1 Å². The van der Waals surface area contributed by atoms with Crippen LogP contribution in [0.1, 0.15) is 40.0 Å². The van der Waals surface area contributed by atoms with Gasteiger partial charge in [-0.25, -0.2) is 9.67 Å². The minimum Gasteiger partial charge on any atom is -0.381 e. The molecule has 2 unspecified atom stereocenters. The number of carbonyl (C=O) groups excluding carboxylic acids is 1. The summed E-state index contributed by atoms with van der Waals surface area (Å²) in [6, 6.07) is 9.56. The number of tetrazole rings is 1. The summed E-state index contributed by atoms with van der Waals surface area (Å²) in [6.45, 7) is 4.80. The first-order valence-electron chi connectivity index (χ1n) is 13.0. The van der Waals surface area contributed by atoms with E-state index < -0.39 is 0 Å². The molecule has 2 fully saturated rings. The standard InChI is InChI=1S/C27H30ClN9O2/c1-17-18(5-8-25(32-17)35-12-19-3-4-20(13-35)26(19)39-2)14-36-15-22(11-31-36)27(38)29-10-21-9-23(28)6-7-24(21)37-16-30-33-34-37/h5-9,11,15-16,19-20,26H,3-4,10,12-14H2,1-2H3,(H,29,38). The fraction of sp³-hybridized carbons (Fsp3) is 0.407. The molecular weight excluding hydrogens is 518 g/mol. The summed E-state index contributed by atoms with van der Waals surface area (Å²) < 4.78 is 9.04. The van der Waals surface area contributed by atoms with Gasteiger partial charge in [0.05, 0.1) is 30.1 Å². The SMILES string of the molecule is COC1C2CCC1CN(c1ccc(Cn3cc(C(=O)NCc4cc(Cl)ccc4-n4cnnn4)cn3)c(C)n1)C2. The van der Waals surface area contributed by atoms with Crippen molar-refractivity contribution < 1.29 is 9.53 Å². The number of anilines is 1. The van der Waals surface area contributed by atoms with E-state index in [9.17, 15) is 4.79 Å². The molecule has 3 aromatic heterocycles. The van der Waals surface area contributed by atoms with Crippen LogP contribution in [-0.4, -0.2) is 67.2 Å². The number of nitrogens with zero attached hydrogens (tertiary/aromatic N) is 8. The summed E-state index contributed by atoms with van der Waals surface area (Å²) >= 11 is 6.18.